The first kappa shape index (κ1) is 21.4. The highest BCUT2D eigenvalue weighted by Crippen LogP contribution is 2.18. The van der Waals surface area contributed by atoms with Crippen LogP contribution in [0.2, 0.25) is 0 Å². The molecule has 3 rings (SSSR count). The van der Waals surface area contributed by atoms with Gasteiger partial charge < -0.3 is 26.0 Å². The summed E-state index contributed by atoms with van der Waals surface area (Å²) in [5.74, 6) is -0.286. The van der Waals surface area contributed by atoms with Crippen LogP contribution in [0.25, 0.3) is 0 Å². The van der Waals surface area contributed by atoms with E-state index in [0.717, 1.165) is 29.7 Å². The van der Waals surface area contributed by atoms with E-state index in [2.05, 4.69) is 10.6 Å². The molecule has 0 aromatic heterocycles. The monoisotopic (exact) mass is 414 g/mol. The maximum absolute atomic E-state index is 12.9. The first-order chi connectivity index (χ1) is 14.5. The first-order valence-corrected chi connectivity index (χ1v) is 10.0. The van der Waals surface area contributed by atoms with Gasteiger partial charge in [0.15, 0.2) is 0 Å². The number of primary amides is 1. The summed E-state index contributed by atoms with van der Waals surface area (Å²) in [6.45, 7) is 2.00. The summed E-state index contributed by atoms with van der Waals surface area (Å²) in [6, 6.07) is 14.3. The number of carbonyl (C=O) groups excluding carboxylic acids is 2. The van der Waals surface area contributed by atoms with E-state index in [0.29, 0.717) is 32.1 Å². The van der Waals surface area contributed by atoms with Crippen LogP contribution < -0.4 is 16.4 Å². The molecule has 7 nitrogen and oxygen atoms in total. The van der Waals surface area contributed by atoms with Gasteiger partial charge in [-0.2, -0.15) is 0 Å². The Labute approximate surface area is 175 Å². The molecule has 2 aromatic rings. The van der Waals surface area contributed by atoms with Crippen molar-refractivity contribution in [1.29, 1.82) is 0 Å². The Morgan fingerprint density at radius 3 is 2.30 bits per heavy atom. The number of hydrogen-bond acceptors (Lipinski definition) is 4. The van der Waals surface area contributed by atoms with E-state index in [-0.39, 0.29) is 18.5 Å². The Hall–Kier alpha value is -3.29. The number of anilines is 1. The minimum atomic E-state index is -0.760. The fourth-order valence-electron chi connectivity index (χ4n) is 3.39. The molecule has 1 heterocycles. The third-order valence-electron chi connectivity index (χ3n) is 5.10. The average Bonchev–Trinajstić information content (AvgIpc) is 2.75. The second-order valence-electron chi connectivity index (χ2n) is 7.31. The van der Waals surface area contributed by atoms with Gasteiger partial charge in [0.25, 0.3) is 0 Å². The van der Waals surface area contributed by atoms with Gasteiger partial charge in [-0.15, -0.1) is 0 Å². The van der Waals surface area contributed by atoms with Gasteiger partial charge >= 0.3 is 12.1 Å². The molecule has 160 valence electrons. The molecule has 0 atom stereocenters. The number of hydrogen-bond donors (Lipinski definition) is 3. The van der Waals surface area contributed by atoms with Crippen molar-refractivity contribution in [2.24, 2.45) is 5.73 Å². The van der Waals surface area contributed by atoms with E-state index in [4.69, 9.17) is 10.5 Å². The van der Waals surface area contributed by atoms with Crippen molar-refractivity contribution in [2.75, 3.05) is 25.0 Å². The number of nitrogens with zero attached hydrogens (tertiary/aromatic N) is 1. The van der Waals surface area contributed by atoms with Gasteiger partial charge in [0, 0.05) is 37.8 Å². The molecule has 8 heteroatoms. The number of urea groups is 1. The van der Waals surface area contributed by atoms with Crippen LogP contribution in [0, 0.1) is 5.82 Å². The Morgan fingerprint density at radius 1 is 1.03 bits per heavy atom. The normalized spacial score (nSPS) is 14.2. The van der Waals surface area contributed by atoms with Gasteiger partial charge in [-0.3, -0.25) is 0 Å². The molecule has 30 heavy (non-hydrogen) atoms. The largest absolute Gasteiger partial charge is 0.449 e. The zero-order chi connectivity index (χ0) is 21.3. The van der Waals surface area contributed by atoms with Crippen LogP contribution in [0.5, 0.6) is 0 Å². The predicted molar refractivity (Wildman–Crippen MR) is 113 cm³/mol. The van der Waals surface area contributed by atoms with E-state index < -0.39 is 6.09 Å². The summed E-state index contributed by atoms with van der Waals surface area (Å²) < 4.78 is 17.7. The molecule has 1 saturated heterocycles. The van der Waals surface area contributed by atoms with Crippen LogP contribution in [-0.2, 0) is 17.7 Å². The summed E-state index contributed by atoms with van der Waals surface area (Å²) in [5.41, 5.74) is 7.90. The van der Waals surface area contributed by atoms with Crippen LogP contribution in [0.4, 0.5) is 19.7 Å². The summed E-state index contributed by atoms with van der Waals surface area (Å²) >= 11 is 0. The van der Waals surface area contributed by atoms with Crippen LogP contribution >= 0.6 is 0 Å². The first-order valence-electron chi connectivity index (χ1n) is 10.0. The second-order valence-corrected chi connectivity index (χ2v) is 7.31. The Bertz CT molecular complexity index is 834. The van der Waals surface area contributed by atoms with Crippen molar-refractivity contribution in [3.05, 3.63) is 65.5 Å². The fraction of sp³-hybridized carbons (Fsp3) is 0.364. The number of halogens is 1. The van der Waals surface area contributed by atoms with Crippen molar-refractivity contribution >= 4 is 17.8 Å². The number of ether oxygens (including phenoxy) is 1. The van der Waals surface area contributed by atoms with Gasteiger partial charge in [-0.05, 0) is 48.2 Å². The molecule has 1 aliphatic rings. The number of nitrogens with two attached hydrogens (primary N) is 1. The molecule has 0 radical (unpaired) electrons. The lowest BCUT2D eigenvalue weighted by Crippen LogP contribution is -2.46. The topological polar surface area (TPSA) is 96.7 Å². The Kier molecular flexibility index (Phi) is 7.48. The van der Waals surface area contributed by atoms with E-state index in [1.165, 1.54) is 12.1 Å². The van der Waals surface area contributed by atoms with Crippen LogP contribution in [-0.4, -0.2) is 42.8 Å². The highest BCUT2D eigenvalue weighted by Gasteiger charge is 2.22. The highest BCUT2D eigenvalue weighted by molar-refractivity contribution is 5.74. The third kappa shape index (κ3) is 6.65. The number of amides is 3. The maximum atomic E-state index is 12.9. The molecule has 2 aromatic carbocycles. The molecule has 0 bridgehead atoms. The zero-order valence-electron chi connectivity index (χ0n) is 16.8. The molecular formula is C22H27FN4O3. The number of rotatable bonds is 7. The number of benzene rings is 2. The van der Waals surface area contributed by atoms with Gasteiger partial charge in [0.05, 0.1) is 6.61 Å². The van der Waals surface area contributed by atoms with Crippen molar-refractivity contribution in [3.8, 4) is 0 Å². The van der Waals surface area contributed by atoms with E-state index in [1.807, 2.05) is 29.2 Å². The molecule has 0 saturated carbocycles. The van der Waals surface area contributed by atoms with Gasteiger partial charge in [0.2, 0.25) is 0 Å². The zero-order valence-corrected chi connectivity index (χ0v) is 16.8. The van der Waals surface area contributed by atoms with E-state index in [1.54, 1.807) is 12.1 Å². The van der Waals surface area contributed by atoms with Gasteiger partial charge in [-0.25, -0.2) is 14.0 Å². The quantitative estimate of drug-likeness (QED) is 0.648. The minimum absolute atomic E-state index is 0.0969. The number of carbonyl (C=O) groups is 2. The third-order valence-corrected chi connectivity index (χ3v) is 5.10. The average molecular weight is 414 g/mol. The van der Waals surface area contributed by atoms with Crippen LogP contribution in [0.3, 0.4) is 0 Å². The van der Waals surface area contributed by atoms with E-state index >= 15 is 0 Å². The number of likely N-dealkylation sites (tertiary alicyclic amines) is 1. The smallest absolute Gasteiger partial charge is 0.404 e. The summed E-state index contributed by atoms with van der Waals surface area (Å²) in [5, 5.41) is 6.39. The second kappa shape index (κ2) is 10.5. The van der Waals surface area contributed by atoms with E-state index in [9.17, 15) is 14.0 Å². The summed E-state index contributed by atoms with van der Waals surface area (Å²) in [4.78, 5) is 24.8. The van der Waals surface area contributed by atoms with Crippen LogP contribution in [0.15, 0.2) is 48.5 Å². The highest BCUT2D eigenvalue weighted by atomic mass is 19.1. The number of piperidine rings is 1. The Balaban J connectivity index is 1.38. The summed E-state index contributed by atoms with van der Waals surface area (Å²) in [7, 11) is 0. The molecule has 1 fully saturated rings. The lowest BCUT2D eigenvalue weighted by Gasteiger charge is -2.33. The minimum Gasteiger partial charge on any atom is -0.449 e. The Morgan fingerprint density at radius 2 is 1.67 bits per heavy atom. The maximum Gasteiger partial charge on any atom is 0.404 e. The number of nitrogens with one attached hydrogen (secondary N) is 2. The fourth-order valence-corrected chi connectivity index (χ4v) is 3.39. The molecular weight excluding hydrogens is 387 g/mol. The van der Waals surface area contributed by atoms with Gasteiger partial charge in [-0.1, -0.05) is 24.3 Å². The summed E-state index contributed by atoms with van der Waals surface area (Å²) in [6.07, 6.45) is 1.58. The molecule has 0 aliphatic carbocycles. The lowest BCUT2D eigenvalue weighted by atomic mass is 10.0. The van der Waals surface area contributed by atoms with Crippen LogP contribution in [0.1, 0.15) is 24.0 Å². The van der Waals surface area contributed by atoms with Gasteiger partial charge in [0.1, 0.15) is 5.82 Å². The van der Waals surface area contributed by atoms with Crippen molar-refractivity contribution < 1.29 is 18.7 Å². The molecule has 4 N–H and O–H groups in total. The van der Waals surface area contributed by atoms with Crippen molar-refractivity contribution in [1.82, 2.24) is 10.2 Å². The van der Waals surface area contributed by atoms with Crippen molar-refractivity contribution in [2.45, 2.75) is 31.8 Å². The predicted octanol–water partition coefficient (Wildman–Crippen LogP) is 3.25. The molecule has 3 amide bonds. The molecule has 1 aliphatic heterocycles. The standard InChI is InChI=1S/C22H27FN4O3/c23-18-5-1-17(2-6-18)15-25-22(29)27-12-9-20(10-13-27)26-19-7-3-16(4-8-19)11-14-30-21(24)28/h1-8,20,26H,9-15H2,(H2,24,28)(H,25,29). The molecule has 0 spiro atoms. The SMILES string of the molecule is NC(=O)OCCc1ccc(NC2CCN(C(=O)NCc3ccc(F)cc3)CC2)cc1. The van der Waals surface area contributed by atoms with Crippen molar-refractivity contribution in [3.63, 3.8) is 0 Å². The lowest BCUT2D eigenvalue weighted by molar-refractivity contribution is 0.158. The molecule has 0 unspecified atom stereocenters.